The molecule has 1 aromatic heterocycles. The number of rotatable bonds is 6. The number of hydrogen-bond acceptors (Lipinski definition) is 1. The quantitative estimate of drug-likeness (QED) is 0.167. The van der Waals surface area contributed by atoms with E-state index in [4.69, 9.17) is 0 Å². The molecule has 0 saturated heterocycles. The van der Waals surface area contributed by atoms with Gasteiger partial charge in [-0.3, -0.25) is 0 Å². The van der Waals surface area contributed by atoms with Crippen LogP contribution < -0.4 is 4.90 Å². The molecule has 0 N–H and O–H groups in total. The average Bonchev–Trinajstić information content (AvgIpc) is 3.67. The number of nitrogens with zero attached hydrogens (tertiary/aromatic N) is 2. The molecular formula is C53H46N2. The van der Waals surface area contributed by atoms with Crippen molar-refractivity contribution >= 4 is 44.6 Å². The normalized spacial score (nSPS) is 19.4. The molecule has 0 aliphatic heterocycles. The number of aromatic nitrogens is 1. The van der Waals surface area contributed by atoms with Crippen LogP contribution in [0.5, 0.6) is 0 Å². The van der Waals surface area contributed by atoms with Gasteiger partial charge in [-0.05, 0) is 118 Å². The molecule has 0 radical (unpaired) electrons. The number of anilines is 3. The molecule has 3 aliphatic rings. The van der Waals surface area contributed by atoms with Crippen LogP contribution >= 0.6 is 0 Å². The number of hydrogen-bond donors (Lipinski definition) is 0. The van der Waals surface area contributed by atoms with Crippen molar-refractivity contribution in [3.63, 3.8) is 0 Å². The third-order valence-corrected chi connectivity index (χ3v) is 12.5. The van der Waals surface area contributed by atoms with E-state index in [2.05, 4.69) is 213 Å². The van der Waals surface area contributed by atoms with Gasteiger partial charge in [-0.25, -0.2) is 0 Å². The highest BCUT2D eigenvalue weighted by atomic mass is 15.1. The number of para-hydroxylation sites is 1. The van der Waals surface area contributed by atoms with Gasteiger partial charge in [-0.15, -0.1) is 0 Å². The summed E-state index contributed by atoms with van der Waals surface area (Å²) in [7, 11) is 0. The van der Waals surface area contributed by atoms with E-state index in [1.165, 1.54) is 72.1 Å². The molecule has 55 heavy (non-hydrogen) atoms. The standard InChI is InChI=1S/C53H46N2/c1-36-13-12-14-42(33-36)55-50-18-9-7-16-46(50)47-34-38(21-30-51(47)55)37-19-24-40(25-20-37)54(41-26-22-39(23-27-41)53(4)31-10-5-11-32-53)43-28-29-45-44-15-6-8-17-48(44)52(2,3)49(45)35-43/h5-31,34-36H,32-33H2,1-4H3. The van der Waals surface area contributed by atoms with Crippen molar-refractivity contribution in [1.82, 2.24) is 4.57 Å². The molecule has 2 unspecified atom stereocenters. The van der Waals surface area contributed by atoms with Gasteiger partial charge in [0, 0.05) is 44.4 Å². The van der Waals surface area contributed by atoms with Gasteiger partial charge in [0.1, 0.15) is 0 Å². The Bertz CT molecular complexity index is 2750. The fourth-order valence-corrected chi connectivity index (χ4v) is 9.46. The number of allylic oxidation sites excluding steroid dienone is 8. The SMILES string of the molecule is CC1C=CC=C(n2c3ccccc3c3cc(-c4ccc(N(c5ccc(C6(C)C=CC=CC6)cc5)c5ccc6c(c5)C(C)(C)c5ccccc5-6)cc4)ccc32)C1. The van der Waals surface area contributed by atoms with Crippen molar-refractivity contribution in [2.45, 2.75) is 51.4 Å². The highest BCUT2D eigenvalue weighted by molar-refractivity contribution is 6.11. The van der Waals surface area contributed by atoms with E-state index in [-0.39, 0.29) is 10.8 Å². The molecule has 0 fully saturated rings. The van der Waals surface area contributed by atoms with Crippen LogP contribution in [0, 0.1) is 5.92 Å². The fraction of sp³-hybridized carbons (Fsp3) is 0.170. The number of fused-ring (bicyclic) bond motifs is 6. The van der Waals surface area contributed by atoms with Gasteiger partial charge < -0.3 is 9.47 Å². The van der Waals surface area contributed by atoms with E-state index in [9.17, 15) is 0 Å². The highest BCUT2D eigenvalue weighted by Gasteiger charge is 2.36. The van der Waals surface area contributed by atoms with E-state index in [1.54, 1.807) is 0 Å². The van der Waals surface area contributed by atoms with Crippen LogP contribution in [0.25, 0.3) is 49.8 Å². The Morgan fingerprint density at radius 3 is 2.07 bits per heavy atom. The number of benzene rings is 6. The van der Waals surface area contributed by atoms with E-state index in [0.717, 1.165) is 24.2 Å². The summed E-state index contributed by atoms with van der Waals surface area (Å²) in [5.41, 5.74) is 16.5. The molecule has 0 saturated carbocycles. The van der Waals surface area contributed by atoms with Gasteiger partial charge in [0.25, 0.3) is 0 Å². The predicted octanol–water partition coefficient (Wildman–Crippen LogP) is 14.4. The summed E-state index contributed by atoms with van der Waals surface area (Å²) in [5.74, 6) is 0.529. The molecule has 0 bridgehead atoms. The summed E-state index contributed by atoms with van der Waals surface area (Å²) in [4.78, 5) is 2.43. The maximum atomic E-state index is 2.47. The van der Waals surface area contributed by atoms with Crippen LogP contribution in [0.4, 0.5) is 17.1 Å². The molecule has 7 aromatic rings. The van der Waals surface area contributed by atoms with Gasteiger partial charge in [0.05, 0.1) is 11.0 Å². The first-order valence-corrected chi connectivity index (χ1v) is 19.8. The van der Waals surface area contributed by atoms with E-state index < -0.39 is 0 Å². The van der Waals surface area contributed by atoms with Crippen molar-refractivity contribution in [3.05, 3.63) is 193 Å². The van der Waals surface area contributed by atoms with Crippen molar-refractivity contribution in [2.24, 2.45) is 5.92 Å². The van der Waals surface area contributed by atoms with E-state index in [0.29, 0.717) is 5.92 Å². The Labute approximate surface area is 325 Å². The molecule has 1 heterocycles. The van der Waals surface area contributed by atoms with Gasteiger partial charge in [-0.1, -0.05) is 143 Å². The molecule has 2 atom stereocenters. The predicted molar refractivity (Wildman–Crippen MR) is 235 cm³/mol. The Morgan fingerprint density at radius 2 is 1.29 bits per heavy atom. The van der Waals surface area contributed by atoms with Crippen LogP contribution in [0.1, 0.15) is 57.2 Å². The second-order valence-corrected chi connectivity index (χ2v) is 16.5. The maximum absolute atomic E-state index is 2.47. The third kappa shape index (κ3) is 5.46. The minimum Gasteiger partial charge on any atom is -0.313 e. The lowest BCUT2D eigenvalue weighted by Gasteiger charge is -2.30. The van der Waals surface area contributed by atoms with Crippen molar-refractivity contribution in [2.75, 3.05) is 4.90 Å². The molecule has 3 aliphatic carbocycles. The van der Waals surface area contributed by atoms with Crippen molar-refractivity contribution < 1.29 is 0 Å². The molecule has 6 aromatic carbocycles. The molecule has 268 valence electrons. The zero-order chi connectivity index (χ0) is 37.3. The van der Waals surface area contributed by atoms with E-state index >= 15 is 0 Å². The summed E-state index contributed by atoms with van der Waals surface area (Å²) in [6.07, 6.45) is 17.8. The van der Waals surface area contributed by atoms with Crippen LogP contribution in [0.3, 0.4) is 0 Å². The van der Waals surface area contributed by atoms with Crippen LogP contribution in [-0.4, -0.2) is 4.57 Å². The van der Waals surface area contributed by atoms with Crippen LogP contribution in [-0.2, 0) is 10.8 Å². The Balaban J connectivity index is 1.06. The first kappa shape index (κ1) is 33.4. The summed E-state index contributed by atoms with van der Waals surface area (Å²) in [6.45, 7) is 9.35. The van der Waals surface area contributed by atoms with Gasteiger partial charge in [-0.2, -0.15) is 0 Å². The zero-order valence-electron chi connectivity index (χ0n) is 32.1. The minimum atomic E-state index is -0.0824. The fourth-order valence-electron chi connectivity index (χ4n) is 9.46. The van der Waals surface area contributed by atoms with E-state index in [1.807, 2.05) is 0 Å². The summed E-state index contributed by atoms with van der Waals surface area (Å²) < 4.78 is 2.47. The van der Waals surface area contributed by atoms with Gasteiger partial charge >= 0.3 is 0 Å². The highest BCUT2D eigenvalue weighted by Crippen LogP contribution is 2.51. The van der Waals surface area contributed by atoms with Crippen molar-refractivity contribution in [3.8, 4) is 22.3 Å². The first-order valence-electron chi connectivity index (χ1n) is 19.8. The van der Waals surface area contributed by atoms with Crippen LogP contribution in [0.2, 0.25) is 0 Å². The summed E-state index contributed by atoms with van der Waals surface area (Å²) in [5, 5.41) is 2.59. The Kier molecular flexibility index (Phi) is 7.75. The minimum absolute atomic E-state index is 0.000641. The largest absolute Gasteiger partial charge is 0.313 e. The molecule has 2 heteroatoms. The zero-order valence-corrected chi connectivity index (χ0v) is 32.1. The second kappa shape index (κ2) is 12.7. The van der Waals surface area contributed by atoms with Crippen LogP contribution in [0.15, 0.2) is 176 Å². The van der Waals surface area contributed by atoms with Gasteiger partial charge in [0.2, 0.25) is 0 Å². The first-order chi connectivity index (χ1) is 26.8. The lowest BCUT2D eigenvalue weighted by molar-refractivity contribution is 0.600. The lowest BCUT2D eigenvalue weighted by Crippen LogP contribution is -2.19. The molecule has 0 spiro atoms. The molecular weight excluding hydrogens is 665 g/mol. The Morgan fingerprint density at radius 1 is 0.600 bits per heavy atom. The molecule has 2 nitrogen and oxygen atoms in total. The summed E-state index contributed by atoms with van der Waals surface area (Å²) in [6, 6.07) is 50.2. The Hall–Kier alpha value is -6.12. The third-order valence-electron chi connectivity index (χ3n) is 12.5. The smallest absolute Gasteiger partial charge is 0.0538 e. The maximum Gasteiger partial charge on any atom is 0.0538 e. The average molecular weight is 711 g/mol. The summed E-state index contributed by atoms with van der Waals surface area (Å²) >= 11 is 0. The molecule has 10 rings (SSSR count). The lowest BCUT2D eigenvalue weighted by atomic mass is 9.77. The topological polar surface area (TPSA) is 8.17 Å². The van der Waals surface area contributed by atoms with Gasteiger partial charge in [0.15, 0.2) is 0 Å². The molecule has 0 amide bonds. The monoisotopic (exact) mass is 710 g/mol. The van der Waals surface area contributed by atoms with Crippen molar-refractivity contribution in [1.29, 1.82) is 0 Å². The second-order valence-electron chi connectivity index (χ2n) is 16.5.